The van der Waals surface area contributed by atoms with Crippen molar-refractivity contribution in [2.24, 2.45) is 5.92 Å². The Morgan fingerprint density at radius 2 is 1.68 bits per heavy atom. The third kappa shape index (κ3) is 5.39. The summed E-state index contributed by atoms with van der Waals surface area (Å²) in [5, 5.41) is 2.90. The molecule has 7 heteroatoms. The maximum absolute atomic E-state index is 12.6. The van der Waals surface area contributed by atoms with Crippen LogP contribution in [-0.4, -0.2) is 41.9 Å². The van der Waals surface area contributed by atoms with Gasteiger partial charge in [-0.25, -0.2) is 4.79 Å². The number of piperidine rings is 1. The number of nitrogens with zero attached hydrogens (tertiary/aromatic N) is 2. The number of amides is 3. The smallest absolute Gasteiger partial charge is 0.320 e. The highest BCUT2D eigenvalue weighted by atomic mass is 35.5. The van der Waals surface area contributed by atoms with Crippen LogP contribution in [0.15, 0.2) is 54.6 Å². The Labute approximate surface area is 172 Å². The molecule has 0 spiro atoms. The third-order valence-corrected chi connectivity index (χ3v) is 4.94. The molecule has 3 rings (SSSR count). The first-order valence-electron chi connectivity index (χ1n) is 9.24. The quantitative estimate of drug-likeness (QED) is 0.767. The SMILES string of the molecule is CN(Cc1ccccc1)C(=O)N1CCC(C(=O)Nc2ccccc2N)CC1.Cl. The van der Waals surface area contributed by atoms with Crippen molar-refractivity contribution in [3.8, 4) is 0 Å². The van der Waals surface area contributed by atoms with Crippen LogP contribution in [0.1, 0.15) is 18.4 Å². The van der Waals surface area contributed by atoms with E-state index in [0.29, 0.717) is 43.9 Å². The highest BCUT2D eigenvalue weighted by Crippen LogP contribution is 2.23. The summed E-state index contributed by atoms with van der Waals surface area (Å²) in [5.41, 5.74) is 8.18. The van der Waals surface area contributed by atoms with Crippen molar-refractivity contribution < 1.29 is 9.59 Å². The van der Waals surface area contributed by atoms with Gasteiger partial charge in [0.1, 0.15) is 0 Å². The van der Waals surface area contributed by atoms with E-state index in [1.54, 1.807) is 17.0 Å². The lowest BCUT2D eigenvalue weighted by Gasteiger charge is -2.34. The summed E-state index contributed by atoms with van der Waals surface area (Å²) in [6, 6.07) is 17.2. The summed E-state index contributed by atoms with van der Waals surface area (Å²) in [7, 11) is 1.81. The molecular weight excluding hydrogens is 376 g/mol. The fourth-order valence-electron chi connectivity index (χ4n) is 3.34. The van der Waals surface area contributed by atoms with Crippen molar-refractivity contribution >= 4 is 35.7 Å². The molecule has 3 amide bonds. The molecule has 0 aromatic heterocycles. The zero-order chi connectivity index (χ0) is 19.2. The van der Waals surface area contributed by atoms with E-state index in [1.165, 1.54) is 0 Å². The molecule has 0 aliphatic carbocycles. The lowest BCUT2D eigenvalue weighted by atomic mass is 9.96. The Hall–Kier alpha value is -2.73. The molecule has 1 saturated heterocycles. The molecule has 0 radical (unpaired) electrons. The standard InChI is InChI=1S/C21H26N4O2.ClH/c1-24(15-16-7-3-2-4-8-16)21(27)25-13-11-17(12-14-25)20(26)23-19-10-6-5-9-18(19)22;/h2-10,17H,11-15,22H2,1H3,(H,23,26);1H. The minimum atomic E-state index is -0.104. The monoisotopic (exact) mass is 402 g/mol. The van der Waals surface area contributed by atoms with E-state index < -0.39 is 0 Å². The summed E-state index contributed by atoms with van der Waals surface area (Å²) in [6.07, 6.45) is 1.31. The summed E-state index contributed by atoms with van der Waals surface area (Å²) in [4.78, 5) is 28.7. The number of anilines is 2. The summed E-state index contributed by atoms with van der Waals surface area (Å²) >= 11 is 0. The second-order valence-corrected chi connectivity index (χ2v) is 6.96. The zero-order valence-electron chi connectivity index (χ0n) is 16.0. The molecule has 0 bridgehead atoms. The molecule has 2 aromatic rings. The zero-order valence-corrected chi connectivity index (χ0v) is 16.8. The van der Waals surface area contributed by atoms with Gasteiger partial charge in [0.05, 0.1) is 11.4 Å². The number of nitrogens with two attached hydrogens (primary N) is 1. The molecule has 2 aromatic carbocycles. The topological polar surface area (TPSA) is 78.7 Å². The molecule has 3 N–H and O–H groups in total. The first-order chi connectivity index (χ1) is 13.0. The Balaban J connectivity index is 0.00000280. The number of nitrogens with one attached hydrogen (secondary N) is 1. The van der Waals surface area contributed by atoms with Crippen LogP contribution >= 0.6 is 12.4 Å². The van der Waals surface area contributed by atoms with Crippen molar-refractivity contribution in [3.63, 3.8) is 0 Å². The van der Waals surface area contributed by atoms with Crippen molar-refractivity contribution in [1.82, 2.24) is 9.80 Å². The number of likely N-dealkylation sites (tertiary alicyclic amines) is 1. The van der Waals surface area contributed by atoms with E-state index in [9.17, 15) is 9.59 Å². The Morgan fingerprint density at radius 3 is 2.32 bits per heavy atom. The first kappa shape index (κ1) is 21.6. The summed E-state index contributed by atoms with van der Waals surface area (Å²) < 4.78 is 0. The predicted molar refractivity (Wildman–Crippen MR) is 114 cm³/mol. The summed E-state index contributed by atoms with van der Waals surface area (Å²) in [5.74, 6) is -0.134. The number of hydrogen-bond acceptors (Lipinski definition) is 3. The molecular formula is C21H27ClN4O2. The predicted octanol–water partition coefficient (Wildman–Crippen LogP) is 3.59. The Kier molecular flexibility index (Phi) is 7.70. The lowest BCUT2D eigenvalue weighted by Crippen LogP contribution is -2.46. The molecule has 6 nitrogen and oxygen atoms in total. The van der Waals surface area contributed by atoms with E-state index in [1.807, 2.05) is 54.4 Å². The molecule has 1 fully saturated rings. The number of benzene rings is 2. The number of halogens is 1. The van der Waals surface area contributed by atoms with Crippen LogP contribution in [0, 0.1) is 5.92 Å². The van der Waals surface area contributed by atoms with E-state index in [4.69, 9.17) is 5.73 Å². The molecule has 1 aliphatic rings. The largest absolute Gasteiger partial charge is 0.397 e. The van der Waals surface area contributed by atoms with Gasteiger partial charge in [0.2, 0.25) is 5.91 Å². The fraction of sp³-hybridized carbons (Fsp3) is 0.333. The molecule has 1 heterocycles. The van der Waals surface area contributed by atoms with Gasteiger partial charge in [0, 0.05) is 32.6 Å². The molecule has 0 unspecified atom stereocenters. The number of carbonyl (C=O) groups is 2. The van der Waals surface area contributed by atoms with Gasteiger partial charge < -0.3 is 20.9 Å². The minimum Gasteiger partial charge on any atom is -0.397 e. The van der Waals surface area contributed by atoms with Crippen LogP contribution < -0.4 is 11.1 Å². The molecule has 150 valence electrons. The first-order valence-corrected chi connectivity index (χ1v) is 9.24. The number of carbonyl (C=O) groups excluding carboxylic acids is 2. The number of para-hydroxylation sites is 2. The number of hydrogen-bond donors (Lipinski definition) is 2. The third-order valence-electron chi connectivity index (χ3n) is 4.94. The number of nitrogen functional groups attached to an aromatic ring is 1. The van der Waals surface area contributed by atoms with Gasteiger partial charge in [-0.05, 0) is 30.5 Å². The molecule has 0 atom stereocenters. The van der Waals surface area contributed by atoms with Crippen molar-refractivity contribution in [3.05, 3.63) is 60.2 Å². The lowest BCUT2D eigenvalue weighted by molar-refractivity contribution is -0.121. The van der Waals surface area contributed by atoms with Crippen molar-refractivity contribution in [2.75, 3.05) is 31.2 Å². The second kappa shape index (κ2) is 9.99. The van der Waals surface area contributed by atoms with E-state index in [-0.39, 0.29) is 30.3 Å². The van der Waals surface area contributed by atoms with Crippen LogP contribution in [0.4, 0.5) is 16.2 Å². The maximum atomic E-state index is 12.6. The highest BCUT2D eigenvalue weighted by molar-refractivity contribution is 5.95. The molecule has 1 aliphatic heterocycles. The molecule has 28 heavy (non-hydrogen) atoms. The van der Waals surface area contributed by atoms with E-state index in [2.05, 4.69) is 5.32 Å². The van der Waals surface area contributed by atoms with E-state index in [0.717, 1.165) is 5.56 Å². The van der Waals surface area contributed by atoms with Gasteiger partial charge in [-0.3, -0.25) is 4.79 Å². The highest BCUT2D eigenvalue weighted by Gasteiger charge is 2.28. The maximum Gasteiger partial charge on any atom is 0.320 e. The average Bonchev–Trinajstić information content (AvgIpc) is 2.70. The second-order valence-electron chi connectivity index (χ2n) is 6.96. The van der Waals surface area contributed by atoms with Gasteiger partial charge in [0.25, 0.3) is 0 Å². The van der Waals surface area contributed by atoms with Crippen LogP contribution in [0.25, 0.3) is 0 Å². The Bertz CT molecular complexity index is 792. The average molecular weight is 403 g/mol. The minimum absolute atomic E-state index is 0. The van der Waals surface area contributed by atoms with Gasteiger partial charge in [-0.1, -0.05) is 42.5 Å². The van der Waals surface area contributed by atoms with Gasteiger partial charge in [-0.2, -0.15) is 0 Å². The fourth-order valence-corrected chi connectivity index (χ4v) is 3.34. The van der Waals surface area contributed by atoms with E-state index >= 15 is 0 Å². The van der Waals surface area contributed by atoms with Gasteiger partial charge >= 0.3 is 6.03 Å². The summed E-state index contributed by atoms with van der Waals surface area (Å²) in [6.45, 7) is 1.74. The van der Waals surface area contributed by atoms with Crippen molar-refractivity contribution in [2.45, 2.75) is 19.4 Å². The normalized spacial score (nSPS) is 14.1. The number of urea groups is 1. The van der Waals surface area contributed by atoms with Crippen LogP contribution in [0.2, 0.25) is 0 Å². The van der Waals surface area contributed by atoms with Crippen LogP contribution in [0.3, 0.4) is 0 Å². The molecule has 0 saturated carbocycles. The van der Waals surface area contributed by atoms with Gasteiger partial charge in [-0.15, -0.1) is 12.4 Å². The van der Waals surface area contributed by atoms with Crippen molar-refractivity contribution in [1.29, 1.82) is 0 Å². The van der Waals surface area contributed by atoms with Gasteiger partial charge in [0.15, 0.2) is 0 Å². The Morgan fingerprint density at radius 1 is 1.07 bits per heavy atom. The van der Waals surface area contributed by atoms with Crippen LogP contribution in [0.5, 0.6) is 0 Å². The van der Waals surface area contributed by atoms with Crippen LogP contribution in [-0.2, 0) is 11.3 Å². The number of rotatable bonds is 4.